The number of ether oxygens (including phenoxy) is 3. The van der Waals surface area contributed by atoms with Crippen molar-refractivity contribution >= 4 is 33.6 Å². The fourth-order valence-corrected chi connectivity index (χ4v) is 3.90. The molecule has 6 nitrogen and oxygen atoms in total. The van der Waals surface area contributed by atoms with E-state index in [0.29, 0.717) is 48.3 Å². The first-order valence-electron chi connectivity index (χ1n) is 12.4. The van der Waals surface area contributed by atoms with Gasteiger partial charge in [0.2, 0.25) is 0 Å². The van der Waals surface area contributed by atoms with Crippen LogP contribution in [0.4, 0.5) is 5.69 Å². The maximum absolute atomic E-state index is 12.8. The Morgan fingerprint density at radius 1 is 0.846 bits per heavy atom. The van der Waals surface area contributed by atoms with Gasteiger partial charge in [-0.2, -0.15) is 5.26 Å². The minimum Gasteiger partial charge on any atom is -0.490 e. The molecule has 0 aliphatic heterocycles. The molecule has 0 fully saturated rings. The third-order valence-electron chi connectivity index (χ3n) is 5.61. The first-order chi connectivity index (χ1) is 19.0. The van der Waals surface area contributed by atoms with Crippen LogP contribution in [-0.2, 0) is 18.0 Å². The van der Waals surface area contributed by atoms with Crippen molar-refractivity contribution < 1.29 is 19.0 Å². The zero-order valence-corrected chi connectivity index (χ0v) is 23.0. The van der Waals surface area contributed by atoms with Gasteiger partial charge in [-0.3, -0.25) is 4.79 Å². The normalized spacial score (nSPS) is 10.8. The van der Waals surface area contributed by atoms with Gasteiger partial charge in [0.1, 0.15) is 30.6 Å². The van der Waals surface area contributed by atoms with E-state index in [1.165, 1.54) is 6.08 Å². The van der Waals surface area contributed by atoms with E-state index in [4.69, 9.17) is 14.2 Å². The summed E-state index contributed by atoms with van der Waals surface area (Å²) >= 11 is 3.42. The highest BCUT2D eigenvalue weighted by Crippen LogP contribution is 2.30. The first kappa shape index (κ1) is 27.5. The number of nitrogens with one attached hydrogen (secondary N) is 1. The van der Waals surface area contributed by atoms with Crippen LogP contribution in [0.25, 0.3) is 6.08 Å². The number of anilines is 1. The van der Waals surface area contributed by atoms with Crippen LogP contribution < -0.4 is 19.5 Å². The summed E-state index contributed by atoms with van der Waals surface area (Å²) in [5.41, 5.74) is 3.25. The highest BCUT2D eigenvalue weighted by molar-refractivity contribution is 9.10. The Bertz CT molecular complexity index is 1460. The van der Waals surface area contributed by atoms with E-state index in [0.717, 1.165) is 15.6 Å². The van der Waals surface area contributed by atoms with E-state index in [1.807, 2.05) is 67.6 Å². The molecule has 4 aromatic carbocycles. The van der Waals surface area contributed by atoms with Crippen LogP contribution in [0.1, 0.15) is 23.6 Å². The van der Waals surface area contributed by atoms with Gasteiger partial charge in [-0.1, -0.05) is 64.5 Å². The van der Waals surface area contributed by atoms with Crippen molar-refractivity contribution in [3.63, 3.8) is 0 Å². The van der Waals surface area contributed by atoms with Gasteiger partial charge in [-0.15, -0.1) is 0 Å². The van der Waals surface area contributed by atoms with Crippen LogP contribution in [0.15, 0.2) is 107 Å². The lowest BCUT2D eigenvalue weighted by atomic mass is 10.1. The third-order valence-corrected chi connectivity index (χ3v) is 6.14. The molecule has 0 radical (unpaired) electrons. The van der Waals surface area contributed by atoms with Crippen LogP contribution in [0.3, 0.4) is 0 Å². The number of halogens is 1. The molecule has 196 valence electrons. The van der Waals surface area contributed by atoms with Gasteiger partial charge >= 0.3 is 0 Å². The maximum atomic E-state index is 12.8. The Balaban J connectivity index is 1.39. The topological polar surface area (TPSA) is 80.6 Å². The van der Waals surface area contributed by atoms with Crippen molar-refractivity contribution in [2.24, 2.45) is 0 Å². The van der Waals surface area contributed by atoms with Gasteiger partial charge in [-0.25, -0.2) is 0 Å². The molecule has 0 saturated carbocycles. The molecule has 0 bridgehead atoms. The molecule has 0 aliphatic carbocycles. The number of carbonyl (C=O) groups excluding carboxylic acids is 1. The number of carbonyl (C=O) groups is 1. The summed E-state index contributed by atoms with van der Waals surface area (Å²) in [5, 5.41) is 12.4. The van der Waals surface area contributed by atoms with E-state index in [2.05, 4.69) is 21.2 Å². The largest absolute Gasteiger partial charge is 0.490 e. The Kier molecular flexibility index (Phi) is 9.76. The number of nitriles is 1. The molecule has 0 heterocycles. The Labute approximate surface area is 236 Å². The van der Waals surface area contributed by atoms with Gasteiger partial charge in [0.25, 0.3) is 5.91 Å². The second kappa shape index (κ2) is 13.8. The summed E-state index contributed by atoms with van der Waals surface area (Å²) in [6, 6.07) is 32.0. The van der Waals surface area contributed by atoms with Crippen LogP contribution in [0, 0.1) is 11.3 Å². The smallest absolute Gasteiger partial charge is 0.266 e. The van der Waals surface area contributed by atoms with E-state index in [-0.39, 0.29) is 5.57 Å². The molecule has 0 spiro atoms. The monoisotopic (exact) mass is 582 g/mol. The van der Waals surface area contributed by atoms with Gasteiger partial charge in [0, 0.05) is 10.2 Å². The molecule has 4 rings (SSSR count). The van der Waals surface area contributed by atoms with Gasteiger partial charge in [0.15, 0.2) is 11.5 Å². The second-order valence-electron chi connectivity index (χ2n) is 8.48. The lowest BCUT2D eigenvalue weighted by molar-refractivity contribution is -0.112. The van der Waals surface area contributed by atoms with Crippen molar-refractivity contribution in [1.82, 2.24) is 0 Å². The molecule has 0 saturated heterocycles. The maximum Gasteiger partial charge on any atom is 0.266 e. The number of rotatable bonds is 11. The van der Waals surface area contributed by atoms with Crippen LogP contribution >= 0.6 is 15.9 Å². The quantitative estimate of drug-likeness (QED) is 0.146. The minimum atomic E-state index is -0.511. The standard InChI is InChI=1S/C32H27BrN2O4/c1-2-37-31-19-25(10-17-30(31)39-22-23-6-4-3-5-7-23)18-26(20-34)32(36)35-28-13-15-29(16-14-28)38-21-24-8-11-27(33)12-9-24/h3-19H,2,21-22H2,1H3,(H,35,36)/b26-18+. The lowest BCUT2D eigenvalue weighted by Gasteiger charge is -2.13. The number of hydrogen-bond acceptors (Lipinski definition) is 5. The van der Waals surface area contributed by atoms with Crippen molar-refractivity contribution in [1.29, 1.82) is 5.26 Å². The third kappa shape index (κ3) is 8.22. The van der Waals surface area contributed by atoms with Crippen LogP contribution in [0.2, 0.25) is 0 Å². The van der Waals surface area contributed by atoms with E-state index < -0.39 is 5.91 Å². The zero-order valence-electron chi connectivity index (χ0n) is 21.4. The molecule has 0 atom stereocenters. The van der Waals surface area contributed by atoms with Crippen molar-refractivity contribution in [2.45, 2.75) is 20.1 Å². The Morgan fingerprint density at radius 3 is 2.23 bits per heavy atom. The predicted octanol–water partition coefficient (Wildman–Crippen LogP) is 7.55. The molecule has 7 heteroatoms. The minimum absolute atomic E-state index is 0.0361. The summed E-state index contributed by atoms with van der Waals surface area (Å²) in [6.45, 7) is 3.16. The lowest BCUT2D eigenvalue weighted by Crippen LogP contribution is -2.13. The molecule has 0 aliphatic rings. The fourth-order valence-electron chi connectivity index (χ4n) is 3.63. The summed E-state index contributed by atoms with van der Waals surface area (Å²) < 4.78 is 18.5. The SMILES string of the molecule is CCOc1cc(/C=C(\C#N)C(=O)Nc2ccc(OCc3ccc(Br)cc3)cc2)ccc1OCc1ccccc1. The summed E-state index contributed by atoms with van der Waals surface area (Å²) in [7, 11) is 0. The molecule has 1 N–H and O–H groups in total. The fraction of sp³-hybridized carbons (Fsp3) is 0.125. The van der Waals surface area contributed by atoms with E-state index in [9.17, 15) is 10.1 Å². The number of hydrogen-bond donors (Lipinski definition) is 1. The Hall–Kier alpha value is -4.54. The summed E-state index contributed by atoms with van der Waals surface area (Å²) in [4.78, 5) is 12.8. The van der Waals surface area contributed by atoms with Crippen molar-refractivity contribution in [3.05, 3.63) is 124 Å². The molecule has 0 unspecified atom stereocenters. The van der Waals surface area contributed by atoms with Crippen molar-refractivity contribution in [2.75, 3.05) is 11.9 Å². The first-order valence-corrected chi connectivity index (χ1v) is 13.2. The van der Waals surface area contributed by atoms with Gasteiger partial charge in [-0.05, 0) is 78.2 Å². The average Bonchev–Trinajstić information content (AvgIpc) is 2.96. The van der Waals surface area contributed by atoms with E-state index >= 15 is 0 Å². The molecular weight excluding hydrogens is 556 g/mol. The predicted molar refractivity (Wildman–Crippen MR) is 156 cm³/mol. The second-order valence-corrected chi connectivity index (χ2v) is 9.39. The van der Waals surface area contributed by atoms with Gasteiger partial charge < -0.3 is 19.5 Å². The molecule has 0 aromatic heterocycles. The molecule has 4 aromatic rings. The molecular formula is C32H27BrN2O4. The zero-order chi connectivity index (χ0) is 27.5. The molecule has 39 heavy (non-hydrogen) atoms. The summed E-state index contributed by atoms with van der Waals surface area (Å²) in [5.74, 6) is 1.29. The summed E-state index contributed by atoms with van der Waals surface area (Å²) in [6.07, 6.45) is 1.52. The highest BCUT2D eigenvalue weighted by Gasteiger charge is 2.12. The number of benzene rings is 4. The molecule has 1 amide bonds. The van der Waals surface area contributed by atoms with E-state index in [1.54, 1.807) is 42.5 Å². The average molecular weight is 583 g/mol. The number of amides is 1. The van der Waals surface area contributed by atoms with Crippen molar-refractivity contribution in [3.8, 4) is 23.3 Å². The van der Waals surface area contributed by atoms with Gasteiger partial charge in [0.05, 0.1) is 6.61 Å². The highest BCUT2D eigenvalue weighted by atomic mass is 79.9. The van der Waals surface area contributed by atoms with Crippen LogP contribution in [0.5, 0.6) is 17.2 Å². The number of nitrogens with zero attached hydrogens (tertiary/aromatic N) is 1. The van der Waals surface area contributed by atoms with Crippen LogP contribution in [-0.4, -0.2) is 12.5 Å². The Morgan fingerprint density at radius 2 is 1.54 bits per heavy atom.